The summed E-state index contributed by atoms with van der Waals surface area (Å²) in [5.74, 6) is -2.88. The van der Waals surface area contributed by atoms with Crippen molar-refractivity contribution in [1.29, 1.82) is 0 Å². The monoisotopic (exact) mass is 502 g/mol. The molecule has 2 saturated heterocycles. The summed E-state index contributed by atoms with van der Waals surface area (Å²) in [7, 11) is 0. The van der Waals surface area contributed by atoms with Crippen LogP contribution in [0.5, 0.6) is 0 Å². The Labute approximate surface area is 215 Å². The Balaban J connectivity index is 1.47. The van der Waals surface area contributed by atoms with Gasteiger partial charge in [0, 0.05) is 25.4 Å². The summed E-state index contributed by atoms with van der Waals surface area (Å²) in [5, 5.41) is 11.6. The topological polar surface area (TPSA) is 96.4 Å². The summed E-state index contributed by atoms with van der Waals surface area (Å²) in [4.78, 5) is 44.8. The molecule has 4 aliphatic rings. The van der Waals surface area contributed by atoms with E-state index in [1.54, 1.807) is 11.8 Å². The number of aliphatic hydroxyl groups is 1. The van der Waals surface area contributed by atoms with E-state index in [-0.39, 0.29) is 31.6 Å². The molecule has 2 aromatic carbocycles. The molecule has 8 heteroatoms. The smallest absolute Gasteiger partial charge is 0.313 e. The lowest BCUT2D eigenvalue weighted by molar-refractivity contribution is -0.159. The van der Waals surface area contributed by atoms with E-state index in [0.717, 1.165) is 16.5 Å². The first-order valence-corrected chi connectivity index (χ1v) is 12.8. The van der Waals surface area contributed by atoms with Gasteiger partial charge in [0.05, 0.1) is 18.1 Å². The van der Waals surface area contributed by atoms with Crippen LogP contribution in [0.25, 0.3) is 10.8 Å². The second-order valence-electron chi connectivity index (χ2n) is 10.3. The van der Waals surface area contributed by atoms with Crippen LogP contribution in [0, 0.1) is 11.8 Å². The van der Waals surface area contributed by atoms with Crippen LogP contribution in [0.2, 0.25) is 0 Å². The third-order valence-electron chi connectivity index (χ3n) is 8.12. The van der Waals surface area contributed by atoms with Gasteiger partial charge in [0.2, 0.25) is 5.91 Å². The third kappa shape index (κ3) is 3.54. The summed E-state index contributed by atoms with van der Waals surface area (Å²) in [6.07, 6.45) is 8.29. The zero-order valence-corrected chi connectivity index (χ0v) is 20.7. The van der Waals surface area contributed by atoms with Gasteiger partial charge < -0.3 is 24.4 Å². The number of benzene rings is 2. The molecule has 0 saturated carbocycles. The highest BCUT2D eigenvalue weighted by Gasteiger charge is 2.74. The van der Waals surface area contributed by atoms with Crippen molar-refractivity contribution in [2.75, 3.05) is 31.2 Å². The molecule has 4 heterocycles. The molecule has 2 fully saturated rings. The maximum atomic E-state index is 14.4. The van der Waals surface area contributed by atoms with Gasteiger partial charge in [0.25, 0.3) is 5.91 Å². The number of amides is 2. The fourth-order valence-electron chi connectivity index (χ4n) is 6.55. The van der Waals surface area contributed by atoms with Crippen LogP contribution in [0.1, 0.15) is 19.8 Å². The fourth-order valence-corrected chi connectivity index (χ4v) is 6.55. The molecule has 2 amide bonds. The minimum atomic E-state index is -1.33. The summed E-state index contributed by atoms with van der Waals surface area (Å²) in [6, 6.07) is 12.8. The van der Waals surface area contributed by atoms with Gasteiger partial charge in [-0.25, -0.2) is 0 Å². The molecule has 1 spiro atoms. The Hall–Kier alpha value is -3.49. The summed E-state index contributed by atoms with van der Waals surface area (Å²) in [5.41, 5.74) is -1.71. The SMILES string of the molecule is C[C@]12C=CCCOC(=O)[C@H]1[C@H]1C(=O)N(CCCO)C3C(=O)N(c4ccc5ccccc5c4)CC=C[C@@]31O2. The Kier molecular flexibility index (Phi) is 5.69. The van der Waals surface area contributed by atoms with Crippen molar-refractivity contribution in [2.45, 2.75) is 37.0 Å². The van der Waals surface area contributed by atoms with Crippen molar-refractivity contribution < 1.29 is 29.0 Å². The molecule has 2 aromatic rings. The van der Waals surface area contributed by atoms with E-state index in [9.17, 15) is 19.5 Å². The third-order valence-corrected chi connectivity index (χ3v) is 8.12. The number of ether oxygens (including phenoxy) is 2. The van der Waals surface area contributed by atoms with Crippen molar-refractivity contribution >= 4 is 34.2 Å². The summed E-state index contributed by atoms with van der Waals surface area (Å²) < 4.78 is 12.2. The summed E-state index contributed by atoms with van der Waals surface area (Å²) in [6.45, 7) is 2.38. The van der Waals surface area contributed by atoms with Gasteiger partial charge in [0.15, 0.2) is 0 Å². The van der Waals surface area contributed by atoms with Crippen molar-refractivity contribution in [3.63, 3.8) is 0 Å². The highest BCUT2D eigenvalue weighted by atomic mass is 16.6. The van der Waals surface area contributed by atoms with Crippen molar-refractivity contribution in [1.82, 2.24) is 4.90 Å². The molecule has 5 atom stereocenters. The summed E-state index contributed by atoms with van der Waals surface area (Å²) >= 11 is 0. The number of carbonyl (C=O) groups is 3. The maximum absolute atomic E-state index is 14.4. The number of anilines is 1. The van der Waals surface area contributed by atoms with Gasteiger partial charge in [-0.05, 0) is 42.7 Å². The Morgan fingerprint density at radius 2 is 1.81 bits per heavy atom. The number of aliphatic hydroxyl groups excluding tert-OH is 1. The first kappa shape index (κ1) is 23.9. The van der Waals surface area contributed by atoms with Gasteiger partial charge in [-0.1, -0.05) is 54.6 Å². The van der Waals surface area contributed by atoms with Gasteiger partial charge in [-0.2, -0.15) is 0 Å². The number of rotatable bonds is 4. The first-order chi connectivity index (χ1) is 17.9. The quantitative estimate of drug-likeness (QED) is 0.510. The number of fused-ring (bicyclic) bond motifs is 3. The molecule has 1 unspecified atom stereocenters. The highest BCUT2D eigenvalue weighted by molar-refractivity contribution is 6.06. The number of esters is 1. The van der Waals surface area contributed by atoms with Crippen molar-refractivity contribution in [3.8, 4) is 0 Å². The number of cyclic esters (lactones) is 1. The molecule has 0 aromatic heterocycles. The standard InChI is InChI=1S/C29H30N2O6/c1-28-12-4-5-17-36-27(35)23(28)22-25(33)31(15-7-16-32)24-26(34)30(14-6-13-29(22,24)37-28)21-11-10-19-8-2-3-9-20(19)18-21/h2-4,6,8-13,18,22-24,32H,5,7,14-17H2,1H3/t22-,23+,24?,28-,29-/m0/s1. The van der Waals surface area contributed by atoms with Crippen LogP contribution >= 0.6 is 0 Å². The van der Waals surface area contributed by atoms with Crippen LogP contribution in [0.15, 0.2) is 66.8 Å². The molecule has 6 rings (SSSR count). The molecule has 192 valence electrons. The lowest BCUT2D eigenvalue weighted by atomic mass is 9.74. The first-order valence-electron chi connectivity index (χ1n) is 12.8. The van der Waals surface area contributed by atoms with Crippen LogP contribution in [-0.2, 0) is 23.9 Å². The van der Waals surface area contributed by atoms with Crippen LogP contribution in [-0.4, -0.2) is 71.3 Å². The van der Waals surface area contributed by atoms with Gasteiger partial charge in [-0.15, -0.1) is 0 Å². The van der Waals surface area contributed by atoms with Gasteiger partial charge in [0.1, 0.15) is 17.6 Å². The number of hydrogen-bond donors (Lipinski definition) is 1. The number of hydrogen-bond acceptors (Lipinski definition) is 6. The molecule has 0 radical (unpaired) electrons. The van der Waals surface area contributed by atoms with Crippen LogP contribution in [0.3, 0.4) is 0 Å². The lowest BCUT2D eigenvalue weighted by Crippen LogP contribution is -2.56. The van der Waals surface area contributed by atoms with E-state index in [1.807, 2.05) is 66.8 Å². The predicted molar refractivity (Wildman–Crippen MR) is 137 cm³/mol. The molecule has 37 heavy (non-hydrogen) atoms. The van der Waals surface area contributed by atoms with Gasteiger partial charge >= 0.3 is 5.97 Å². The molecule has 8 nitrogen and oxygen atoms in total. The second-order valence-corrected chi connectivity index (χ2v) is 10.3. The molecular weight excluding hydrogens is 472 g/mol. The second kappa shape index (κ2) is 8.82. The largest absolute Gasteiger partial charge is 0.465 e. The molecule has 0 aliphatic carbocycles. The van der Waals surface area contributed by atoms with E-state index < -0.39 is 35.0 Å². The van der Waals surface area contributed by atoms with Crippen molar-refractivity contribution in [2.24, 2.45) is 11.8 Å². The average Bonchev–Trinajstić information content (AvgIpc) is 3.20. The lowest BCUT2D eigenvalue weighted by Gasteiger charge is -2.37. The van der Waals surface area contributed by atoms with Crippen LogP contribution < -0.4 is 4.90 Å². The zero-order valence-electron chi connectivity index (χ0n) is 20.7. The minimum Gasteiger partial charge on any atom is -0.465 e. The molecular formula is C29H30N2O6. The fraction of sp³-hybridized carbons (Fsp3) is 0.414. The van der Waals surface area contributed by atoms with E-state index in [0.29, 0.717) is 19.4 Å². The Bertz CT molecular complexity index is 1340. The number of nitrogens with zero attached hydrogens (tertiary/aromatic N) is 2. The Morgan fingerprint density at radius 3 is 2.62 bits per heavy atom. The van der Waals surface area contributed by atoms with E-state index >= 15 is 0 Å². The van der Waals surface area contributed by atoms with Crippen LogP contribution in [0.4, 0.5) is 5.69 Å². The molecule has 4 aliphatic heterocycles. The zero-order chi connectivity index (χ0) is 25.8. The van der Waals surface area contributed by atoms with E-state index in [2.05, 4.69) is 0 Å². The number of carbonyl (C=O) groups excluding carboxylic acids is 3. The molecule has 1 N–H and O–H groups in total. The predicted octanol–water partition coefficient (Wildman–Crippen LogP) is 2.60. The number of likely N-dealkylation sites (tertiary alicyclic amines) is 1. The molecule has 0 bridgehead atoms. The maximum Gasteiger partial charge on any atom is 0.313 e. The average molecular weight is 503 g/mol. The van der Waals surface area contributed by atoms with Gasteiger partial charge in [-0.3, -0.25) is 14.4 Å². The van der Waals surface area contributed by atoms with Crippen molar-refractivity contribution in [3.05, 3.63) is 66.8 Å². The normalized spacial score (nSPS) is 33.0. The minimum absolute atomic E-state index is 0.126. The highest BCUT2D eigenvalue weighted by Crippen LogP contribution is 2.57. The van der Waals surface area contributed by atoms with E-state index in [1.165, 1.54) is 4.90 Å². The Morgan fingerprint density at radius 1 is 1.00 bits per heavy atom. The van der Waals surface area contributed by atoms with E-state index in [4.69, 9.17) is 9.47 Å².